The molecule has 7 aromatic carbocycles. The Bertz CT molecular complexity index is 3650. The molecule has 0 spiro atoms. The third-order valence-electron chi connectivity index (χ3n) is 18.7. The van der Waals surface area contributed by atoms with E-state index in [4.69, 9.17) is 4.42 Å². The molecule has 12 rings (SSSR count). The van der Waals surface area contributed by atoms with E-state index >= 15 is 0 Å². The molecule has 0 bridgehead atoms. The molecular weight excluding hydrogens is 908 g/mol. The number of hydrogen-bond donors (Lipinski definition) is 0. The maximum absolute atomic E-state index is 7.88. The highest BCUT2D eigenvalue weighted by Gasteiger charge is 2.51. The molecule has 0 atom stereocenters. The van der Waals surface area contributed by atoms with Crippen molar-refractivity contribution >= 4 is 57.4 Å². The van der Waals surface area contributed by atoms with E-state index in [0.717, 1.165) is 41.9 Å². The Morgan fingerprint density at radius 3 is 1.68 bits per heavy atom. The number of aryl methyl sites for hydroxylation is 3. The van der Waals surface area contributed by atoms with Crippen molar-refractivity contribution < 1.29 is 4.42 Å². The fourth-order valence-electron chi connectivity index (χ4n) is 14.1. The standard InChI is InChI=1S/C71H79BN2O/c1-42-33-43(2)62(44(3)34-42)46-35-52-50-26-23-48(67(7,8)9)38-59(50)74(49-25-27-54-55(39-49)69(12,13)30-29-68(54,10)11)72-63(52)60(36-46)73(58-28-24-47(66(4,5)6)37-51(58)45-21-19-18-20-22-45)64-53-40-56-57(41-61(53)75-65(64)72)71(16,17)32-31-70(56,14)15/h18-28,33-41H,29-32H2,1-17H3. The van der Waals surface area contributed by atoms with E-state index in [1.807, 2.05) is 0 Å². The summed E-state index contributed by atoms with van der Waals surface area (Å²) in [6.45, 7) is 40.2. The van der Waals surface area contributed by atoms with E-state index < -0.39 is 0 Å². The third kappa shape index (κ3) is 7.72. The number of nitrogens with zero attached hydrogens (tertiary/aromatic N) is 2. The van der Waals surface area contributed by atoms with E-state index in [1.165, 1.54) is 118 Å². The van der Waals surface area contributed by atoms with E-state index in [-0.39, 0.29) is 39.3 Å². The lowest BCUT2D eigenvalue weighted by atomic mass is 9.45. The van der Waals surface area contributed by atoms with Gasteiger partial charge in [-0.25, -0.2) is 0 Å². The van der Waals surface area contributed by atoms with Crippen LogP contribution >= 0.6 is 0 Å². The van der Waals surface area contributed by atoms with Gasteiger partial charge in [0.25, 0.3) is 0 Å². The fraction of sp³-hybridized carbons (Fsp3) is 0.380. The van der Waals surface area contributed by atoms with Crippen LogP contribution in [0.3, 0.4) is 0 Å². The van der Waals surface area contributed by atoms with Gasteiger partial charge < -0.3 is 14.1 Å². The molecular formula is C71H79BN2O. The zero-order chi connectivity index (χ0) is 53.3. The zero-order valence-corrected chi connectivity index (χ0v) is 48.3. The quantitative estimate of drug-likeness (QED) is 0.164. The van der Waals surface area contributed by atoms with Crippen LogP contribution in [0.25, 0.3) is 44.3 Å². The number of benzene rings is 7. The van der Waals surface area contributed by atoms with Crippen LogP contribution in [0.2, 0.25) is 0 Å². The molecule has 75 heavy (non-hydrogen) atoms. The average molecular weight is 987 g/mol. The minimum absolute atomic E-state index is 0.00608. The molecule has 1 aromatic heterocycles. The number of anilines is 5. The van der Waals surface area contributed by atoms with Gasteiger partial charge in [0.2, 0.25) is 0 Å². The van der Waals surface area contributed by atoms with Crippen molar-refractivity contribution in [3.05, 3.63) is 171 Å². The zero-order valence-electron chi connectivity index (χ0n) is 48.3. The van der Waals surface area contributed by atoms with Crippen LogP contribution in [-0.2, 0) is 32.5 Å². The molecule has 0 saturated heterocycles. The minimum atomic E-state index is -0.282. The predicted molar refractivity (Wildman–Crippen MR) is 323 cm³/mol. The Morgan fingerprint density at radius 2 is 1.05 bits per heavy atom. The summed E-state index contributed by atoms with van der Waals surface area (Å²) in [4.78, 5) is 5.37. The van der Waals surface area contributed by atoms with E-state index in [1.54, 1.807) is 0 Å². The predicted octanol–water partition coefficient (Wildman–Crippen LogP) is 18.7. The number of fused-ring (bicyclic) bond motifs is 8. The molecule has 4 aliphatic rings. The maximum Gasteiger partial charge on any atom is 0.375 e. The van der Waals surface area contributed by atoms with Crippen molar-refractivity contribution in [1.82, 2.24) is 0 Å². The monoisotopic (exact) mass is 987 g/mol. The summed E-state index contributed by atoms with van der Waals surface area (Å²) >= 11 is 0. The molecule has 8 aromatic rings. The highest BCUT2D eigenvalue weighted by Crippen LogP contribution is 2.56. The van der Waals surface area contributed by atoms with Gasteiger partial charge in [-0.1, -0.05) is 169 Å². The van der Waals surface area contributed by atoms with Crippen molar-refractivity contribution in [2.75, 3.05) is 9.71 Å². The summed E-state index contributed by atoms with van der Waals surface area (Å²) in [6.07, 6.45) is 4.59. The first kappa shape index (κ1) is 49.6. The molecule has 0 fully saturated rings. The summed E-state index contributed by atoms with van der Waals surface area (Å²) in [7, 11) is 0. The first-order valence-corrected chi connectivity index (χ1v) is 28.1. The first-order valence-electron chi connectivity index (χ1n) is 28.1. The van der Waals surface area contributed by atoms with Crippen LogP contribution in [0, 0.1) is 20.8 Å². The molecule has 2 aliphatic heterocycles. The lowest BCUT2D eigenvalue weighted by Gasteiger charge is -2.46. The van der Waals surface area contributed by atoms with Gasteiger partial charge in [-0.2, -0.15) is 0 Å². The molecule has 0 amide bonds. The number of rotatable bonds is 4. The van der Waals surface area contributed by atoms with Crippen molar-refractivity contribution in [2.24, 2.45) is 0 Å². The Labute approximate surface area is 449 Å². The molecule has 0 saturated carbocycles. The van der Waals surface area contributed by atoms with E-state index in [2.05, 4.69) is 249 Å². The van der Waals surface area contributed by atoms with Crippen LogP contribution in [0.1, 0.15) is 173 Å². The van der Waals surface area contributed by atoms with Gasteiger partial charge in [0, 0.05) is 33.6 Å². The second-order valence-corrected chi connectivity index (χ2v) is 28.1. The fourth-order valence-corrected chi connectivity index (χ4v) is 14.1. The summed E-state index contributed by atoms with van der Waals surface area (Å²) in [5.74, 6) is 0. The van der Waals surface area contributed by atoms with Gasteiger partial charge in [-0.15, -0.1) is 0 Å². The lowest BCUT2D eigenvalue weighted by molar-refractivity contribution is 0.332. The van der Waals surface area contributed by atoms with Gasteiger partial charge in [0.1, 0.15) is 11.2 Å². The Morgan fingerprint density at radius 1 is 0.480 bits per heavy atom. The van der Waals surface area contributed by atoms with E-state index in [0.29, 0.717) is 0 Å². The maximum atomic E-state index is 7.88. The molecule has 2 aliphatic carbocycles. The van der Waals surface area contributed by atoms with E-state index in [9.17, 15) is 0 Å². The molecule has 0 unspecified atom stereocenters. The van der Waals surface area contributed by atoms with Crippen molar-refractivity contribution in [1.29, 1.82) is 0 Å². The van der Waals surface area contributed by atoms with Crippen molar-refractivity contribution in [3.63, 3.8) is 0 Å². The highest BCUT2D eigenvalue weighted by molar-refractivity contribution is 6.93. The summed E-state index contributed by atoms with van der Waals surface area (Å²) in [5.41, 5.74) is 28.9. The van der Waals surface area contributed by atoms with Gasteiger partial charge in [-0.05, 0) is 206 Å². The summed E-state index contributed by atoms with van der Waals surface area (Å²) in [5, 5.41) is 1.18. The van der Waals surface area contributed by atoms with Crippen LogP contribution in [0.4, 0.5) is 28.4 Å². The first-order chi connectivity index (χ1) is 35.1. The average Bonchev–Trinajstić information content (AvgIpc) is 3.72. The highest BCUT2D eigenvalue weighted by atomic mass is 16.3. The topological polar surface area (TPSA) is 19.6 Å². The van der Waals surface area contributed by atoms with Gasteiger partial charge >= 0.3 is 6.85 Å². The normalized spacial score (nSPS) is 17.8. The van der Waals surface area contributed by atoms with Crippen molar-refractivity contribution in [2.45, 2.75) is 176 Å². The van der Waals surface area contributed by atoms with Gasteiger partial charge in [0.15, 0.2) is 0 Å². The molecule has 382 valence electrons. The molecule has 0 radical (unpaired) electrons. The van der Waals surface area contributed by atoms with Crippen LogP contribution < -0.4 is 20.8 Å². The Balaban J connectivity index is 1.28. The number of hydrogen-bond acceptors (Lipinski definition) is 3. The lowest BCUT2D eigenvalue weighted by Crippen LogP contribution is -2.61. The third-order valence-corrected chi connectivity index (χ3v) is 18.7. The van der Waals surface area contributed by atoms with Crippen LogP contribution in [-0.4, -0.2) is 6.85 Å². The molecule has 3 nitrogen and oxygen atoms in total. The van der Waals surface area contributed by atoms with Gasteiger partial charge in [0.05, 0.1) is 11.4 Å². The minimum Gasteiger partial charge on any atom is -0.466 e. The van der Waals surface area contributed by atoms with Crippen molar-refractivity contribution in [3.8, 4) is 33.4 Å². The molecule has 3 heterocycles. The second kappa shape index (κ2) is 16.4. The van der Waals surface area contributed by atoms with Gasteiger partial charge in [-0.3, -0.25) is 0 Å². The SMILES string of the molecule is Cc1cc(C)c(-c2cc3c4c(c2)N(c2ccc(C(C)(C)C)cc2-c2ccccc2)c2c(oc5cc6c(cc25)C(C)(C)CCC6(C)C)B4N(c2ccc4c(c2)C(C)(C)CCC4(C)C)c2cc(C(C)(C)C)ccc2-3)c(C)c1. The summed E-state index contributed by atoms with van der Waals surface area (Å²) < 4.78 is 7.88. The van der Waals surface area contributed by atoms with Crippen LogP contribution in [0.15, 0.2) is 126 Å². The Hall–Kier alpha value is -6.26. The largest absolute Gasteiger partial charge is 0.466 e. The summed E-state index contributed by atoms with van der Waals surface area (Å²) in [6, 6.07) is 48.1. The number of furan rings is 1. The smallest absolute Gasteiger partial charge is 0.375 e. The molecule has 0 N–H and O–H groups in total. The molecule has 4 heteroatoms. The second-order valence-electron chi connectivity index (χ2n) is 28.1. The van der Waals surface area contributed by atoms with Crippen LogP contribution in [0.5, 0.6) is 0 Å². The Kier molecular flexibility index (Phi) is 10.8.